The highest BCUT2D eigenvalue weighted by Gasteiger charge is 2.47. The second-order valence-electron chi connectivity index (χ2n) is 7.33. The van der Waals surface area contributed by atoms with Crippen LogP contribution in [-0.4, -0.2) is 66.1 Å². The van der Waals surface area contributed by atoms with Gasteiger partial charge in [0.15, 0.2) is 0 Å². The largest absolute Gasteiger partial charge is 0.497 e. The number of benzene rings is 1. The summed E-state index contributed by atoms with van der Waals surface area (Å²) >= 11 is 1.84. The molecule has 0 aliphatic carbocycles. The van der Waals surface area contributed by atoms with Gasteiger partial charge in [-0.25, -0.2) is 0 Å². The van der Waals surface area contributed by atoms with Crippen molar-refractivity contribution in [2.75, 3.05) is 39.6 Å². The predicted octanol–water partition coefficient (Wildman–Crippen LogP) is 2.87. The Balaban J connectivity index is 1.79. The van der Waals surface area contributed by atoms with Gasteiger partial charge in [0.25, 0.3) is 5.91 Å². The Morgan fingerprint density at radius 2 is 1.63 bits per heavy atom. The summed E-state index contributed by atoms with van der Waals surface area (Å²) in [6.07, 6.45) is 1.62. The monoisotopic (exact) mass is 392 g/mol. The van der Waals surface area contributed by atoms with Crippen molar-refractivity contribution in [2.45, 2.75) is 31.6 Å². The number of methoxy groups -OCH3 is 2. The molecule has 0 radical (unpaired) electrons. The summed E-state index contributed by atoms with van der Waals surface area (Å²) in [5.74, 6) is 2.35. The zero-order valence-corrected chi connectivity index (χ0v) is 17.3. The van der Waals surface area contributed by atoms with E-state index in [1.165, 1.54) is 0 Å². The summed E-state index contributed by atoms with van der Waals surface area (Å²) < 4.78 is 10.6. The molecule has 1 spiro atoms. The highest BCUT2D eigenvalue weighted by atomic mass is 32.2. The van der Waals surface area contributed by atoms with Crippen LogP contribution < -0.4 is 9.47 Å². The molecule has 148 valence electrons. The van der Waals surface area contributed by atoms with Crippen LogP contribution in [0.5, 0.6) is 11.5 Å². The first-order valence-corrected chi connectivity index (χ1v) is 10.4. The minimum atomic E-state index is -0.221. The van der Waals surface area contributed by atoms with Gasteiger partial charge in [-0.05, 0) is 25.0 Å². The molecule has 0 aromatic heterocycles. The average molecular weight is 393 g/mol. The van der Waals surface area contributed by atoms with Gasteiger partial charge in [-0.3, -0.25) is 9.59 Å². The lowest BCUT2D eigenvalue weighted by Gasteiger charge is -2.44. The molecule has 2 amide bonds. The SMILES string of the molecule is COc1cc(OC)cc(C(=O)N2CCSC23CCN(C(=O)C(C)C)CC3)c1. The Bertz CT molecular complexity index is 692. The summed E-state index contributed by atoms with van der Waals surface area (Å²) in [5, 5.41) is 0. The second-order valence-corrected chi connectivity index (χ2v) is 8.79. The van der Waals surface area contributed by atoms with Gasteiger partial charge in [0.05, 0.1) is 19.1 Å². The number of carbonyl (C=O) groups excluding carboxylic acids is 2. The van der Waals surface area contributed by atoms with Gasteiger partial charge in [-0.2, -0.15) is 0 Å². The number of thioether (sulfide) groups is 1. The third-order valence-corrected chi connectivity index (χ3v) is 6.92. The van der Waals surface area contributed by atoms with Gasteiger partial charge in [0.1, 0.15) is 11.5 Å². The van der Waals surface area contributed by atoms with Crippen molar-refractivity contribution < 1.29 is 19.1 Å². The van der Waals surface area contributed by atoms with Gasteiger partial charge >= 0.3 is 0 Å². The van der Waals surface area contributed by atoms with Crippen molar-refractivity contribution in [3.63, 3.8) is 0 Å². The topological polar surface area (TPSA) is 59.1 Å². The minimum Gasteiger partial charge on any atom is -0.497 e. The van der Waals surface area contributed by atoms with Gasteiger partial charge in [0.2, 0.25) is 5.91 Å². The lowest BCUT2D eigenvalue weighted by Crippen LogP contribution is -2.54. The van der Waals surface area contributed by atoms with E-state index in [4.69, 9.17) is 9.47 Å². The molecule has 2 fully saturated rings. The molecule has 6 nitrogen and oxygen atoms in total. The minimum absolute atomic E-state index is 0.000774. The van der Waals surface area contributed by atoms with E-state index < -0.39 is 0 Å². The number of hydrogen-bond acceptors (Lipinski definition) is 5. The molecule has 2 aliphatic rings. The number of rotatable bonds is 4. The van der Waals surface area contributed by atoms with Crippen molar-refractivity contribution in [1.82, 2.24) is 9.80 Å². The molecule has 27 heavy (non-hydrogen) atoms. The summed E-state index contributed by atoms with van der Waals surface area (Å²) in [6, 6.07) is 5.29. The van der Waals surface area contributed by atoms with Crippen LogP contribution in [0, 0.1) is 5.92 Å². The molecule has 0 unspecified atom stereocenters. The molecular weight excluding hydrogens is 364 g/mol. The summed E-state index contributed by atoms with van der Waals surface area (Å²) in [7, 11) is 3.16. The number of nitrogens with zero attached hydrogens (tertiary/aromatic N) is 2. The van der Waals surface area contributed by atoms with Gasteiger partial charge in [0, 0.05) is 42.9 Å². The first-order valence-electron chi connectivity index (χ1n) is 9.38. The molecule has 1 aromatic rings. The van der Waals surface area contributed by atoms with E-state index in [0.717, 1.165) is 25.1 Å². The molecule has 0 atom stereocenters. The average Bonchev–Trinajstić information content (AvgIpc) is 3.09. The van der Waals surface area contributed by atoms with E-state index >= 15 is 0 Å². The Kier molecular flexibility index (Phi) is 5.89. The Morgan fingerprint density at radius 3 is 2.15 bits per heavy atom. The molecule has 2 heterocycles. The van der Waals surface area contributed by atoms with Gasteiger partial charge in [-0.1, -0.05) is 13.8 Å². The van der Waals surface area contributed by atoms with E-state index in [1.54, 1.807) is 32.4 Å². The number of amides is 2. The summed E-state index contributed by atoms with van der Waals surface area (Å²) in [6.45, 7) is 6.00. The van der Waals surface area contributed by atoms with E-state index in [1.807, 2.05) is 35.4 Å². The quantitative estimate of drug-likeness (QED) is 0.789. The number of likely N-dealkylation sites (tertiary alicyclic amines) is 1. The lowest BCUT2D eigenvalue weighted by molar-refractivity contribution is -0.136. The van der Waals surface area contributed by atoms with Crippen LogP contribution in [0.15, 0.2) is 18.2 Å². The predicted molar refractivity (Wildman–Crippen MR) is 106 cm³/mol. The van der Waals surface area contributed by atoms with Crippen LogP contribution in [-0.2, 0) is 4.79 Å². The van der Waals surface area contributed by atoms with Crippen molar-refractivity contribution in [1.29, 1.82) is 0 Å². The first kappa shape index (κ1) is 19.9. The standard InChI is InChI=1S/C20H28N2O4S/c1-14(2)18(23)21-7-5-20(6-8-21)22(9-10-27-20)19(24)15-11-16(25-3)13-17(12-15)26-4/h11-14H,5-10H2,1-4H3. The summed E-state index contributed by atoms with van der Waals surface area (Å²) in [5.41, 5.74) is 0.578. The summed E-state index contributed by atoms with van der Waals surface area (Å²) in [4.78, 5) is 29.3. The molecule has 0 bridgehead atoms. The zero-order valence-electron chi connectivity index (χ0n) is 16.5. The normalized spacial score (nSPS) is 18.9. The molecule has 0 N–H and O–H groups in total. The zero-order chi connectivity index (χ0) is 19.6. The van der Waals surface area contributed by atoms with Crippen molar-refractivity contribution in [2.24, 2.45) is 5.92 Å². The van der Waals surface area contributed by atoms with Crippen molar-refractivity contribution >= 4 is 23.6 Å². The molecule has 2 saturated heterocycles. The van der Waals surface area contributed by atoms with Gasteiger partial charge < -0.3 is 19.3 Å². The lowest BCUT2D eigenvalue weighted by atomic mass is 9.99. The van der Waals surface area contributed by atoms with Crippen LogP contribution >= 0.6 is 11.8 Å². The van der Waals surface area contributed by atoms with E-state index in [9.17, 15) is 9.59 Å². The van der Waals surface area contributed by atoms with E-state index in [2.05, 4.69) is 0 Å². The maximum Gasteiger partial charge on any atom is 0.255 e. The first-order chi connectivity index (χ1) is 12.9. The van der Waals surface area contributed by atoms with Crippen molar-refractivity contribution in [3.8, 4) is 11.5 Å². The van der Waals surface area contributed by atoms with Crippen molar-refractivity contribution in [3.05, 3.63) is 23.8 Å². The molecule has 0 saturated carbocycles. The number of carbonyl (C=O) groups is 2. The number of hydrogen-bond donors (Lipinski definition) is 0. The molecule has 1 aromatic carbocycles. The molecule has 3 rings (SSSR count). The fraction of sp³-hybridized carbons (Fsp3) is 0.600. The molecule has 7 heteroatoms. The Morgan fingerprint density at radius 1 is 1.04 bits per heavy atom. The molecule has 2 aliphatic heterocycles. The fourth-order valence-corrected chi connectivity index (χ4v) is 5.29. The third-order valence-electron chi connectivity index (χ3n) is 5.37. The maximum atomic E-state index is 13.3. The van der Waals surface area contributed by atoms with Crippen LogP contribution in [0.3, 0.4) is 0 Å². The van der Waals surface area contributed by atoms with Gasteiger partial charge in [-0.15, -0.1) is 11.8 Å². The number of ether oxygens (including phenoxy) is 2. The molecular formula is C20H28N2O4S. The highest BCUT2D eigenvalue weighted by Crippen LogP contribution is 2.45. The highest BCUT2D eigenvalue weighted by molar-refractivity contribution is 8.00. The van der Waals surface area contributed by atoms with E-state index in [0.29, 0.717) is 30.2 Å². The smallest absolute Gasteiger partial charge is 0.255 e. The van der Waals surface area contributed by atoms with Crippen LogP contribution in [0.1, 0.15) is 37.0 Å². The Hall–Kier alpha value is -1.89. The van der Waals surface area contributed by atoms with Crippen LogP contribution in [0.4, 0.5) is 0 Å². The second kappa shape index (κ2) is 8.00. The Labute approximate surface area is 165 Å². The number of piperidine rings is 1. The van der Waals surface area contributed by atoms with Crippen LogP contribution in [0.25, 0.3) is 0 Å². The van der Waals surface area contributed by atoms with E-state index in [-0.39, 0.29) is 22.6 Å². The third kappa shape index (κ3) is 3.88. The maximum absolute atomic E-state index is 13.3. The fourth-order valence-electron chi connectivity index (χ4n) is 3.84. The van der Waals surface area contributed by atoms with Crippen LogP contribution in [0.2, 0.25) is 0 Å².